The molecular weight excluding hydrogens is 423 g/mol. The molecule has 0 spiro atoms. The largest absolute Gasteiger partial charge is 0.495 e. The first-order valence-electron chi connectivity index (χ1n) is 8.73. The lowest BCUT2D eigenvalue weighted by molar-refractivity contribution is -0.119. The van der Waals surface area contributed by atoms with E-state index in [4.69, 9.17) is 39.5 Å². The normalized spacial score (nSPS) is 16.2. The number of carbonyl (C=O) groups excluding carboxylic acids is 2. The number of halogens is 3. The molecule has 1 unspecified atom stereocenters. The fraction of sp³-hybridized carbons (Fsp3) is 0.300. The van der Waals surface area contributed by atoms with Gasteiger partial charge >= 0.3 is 0 Å². The highest BCUT2D eigenvalue weighted by Crippen LogP contribution is 2.32. The van der Waals surface area contributed by atoms with Crippen molar-refractivity contribution in [1.29, 1.82) is 0 Å². The Kier molecular flexibility index (Phi) is 6.38. The second-order valence-electron chi connectivity index (χ2n) is 6.57. The molecule has 148 valence electrons. The highest BCUT2D eigenvalue weighted by molar-refractivity contribution is 6.35. The van der Waals surface area contributed by atoms with Crippen molar-refractivity contribution in [2.75, 3.05) is 19.0 Å². The number of likely N-dealkylation sites (tertiary alicyclic amines) is 1. The van der Waals surface area contributed by atoms with Crippen molar-refractivity contribution in [3.05, 3.63) is 56.5 Å². The van der Waals surface area contributed by atoms with Crippen LogP contribution in [0.1, 0.15) is 28.8 Å². The number of hydrogen-bond acceptors (Lipinski definition) is 3. The molecule has 1 aliphatic heterocycles. The Bertz CT molecular complexity index is 933. The van der Waals surface area contributed by atoms with Gasteiger partial charge in [-0.1, -0.05) is 34.8 Å². The van der Waals surface area contributed by atoms with Gasteiger partial charge in [-0.25, -0.2) is 0 Å². The molecule has 0 aliphatic carbocycles. The fourth-order valence-corrected chi connectivity index (χ4v) is 3.77. The molecule has 1 aliphatic rings. The van der Waals surface area contributed by atoms with Crippen LogP contribution in [-0.2, 0) is 4.79 Å². The Labute approximate surface area is 178 Å². The van der Waals surface area contributed by atoms with Crippen LogP contribution >= 0.6 is 34.8 Å². The monoisotopic (exact) mass is 440 g/mol. The van der Waals surface area contributed by atoms with Gasteiger partial charge in [0.25, 0.3) is 5.91 Å². The summed E-state index contributed by atoms with van der Waals surface area (Å²) < 4.78 is 5.31. The molecule has 1 saturated heterocycles. The summed E-state index contributed by atoms with van der Waals surface area (Å²) in [6.07, 6.45) is 1.28. The third-order valence-electron chi connectivity index (χ3n) is 4.71. The second kappa shape index (κ2) is 8.60. The molecule has 0 saturated carbocycles. The lowest BCUT2D eigenvalue weighted by atomic mass is 10.1. The summed E-state index contributed by atoms with van der Waals surface area (Å²) in [7, 11) is 1.50. The Morgan fingerprint density at radius 2 is 1.89 bits per heavy atom. The standard InChI is InChI=1S/C20H19Cl3N2O3/c1-11-8-16(18(28-2)10-15(11)23)24-19(26)17-4-3-7-25(17)20(27)13-9-12(21)5-6-14(13)22/h5-6,8-10,17H,3-4,7H2,1-2H3,(H,24,26). The summed E-state index contributed by atoms with van der Waals surface area (Å²) >= 11 is 18.3. The molecule has 1 atom stereocenters. The zero-order valence-corrected chi connectivity index (χ0v) is 17.7. The van der Waals surface area contributed by atoms with E-state index >= 15 is 0 Å². The minimum Gasteiger partial charge on any atom is -0.495 e. The third-order valence-corrected chi connectivity index (χ3v) is 5.69. The maximum atomic E-state index is 13.0. The van der Waals surface area contributed by atoms with Crippen LogP contribution in [0.3, 0.4) is 0 Å². The van der Waals surface area contributed by atoms with E-state index in [1.54, 1.807) is 24.3 Å². The summed E-state index contributed by atoms with van der Waals surface area (Å²) in [6, 6.07) is 7.49. The van der Waals surface area contributed by atoms with E-state index in [1.165, 1.54) is 18.1 Å². The van der Waals surface area contributed by atoms with Crippen molar-refractivity contribution >= 4 is 52.3 Å². The average molecular weight is 442 g/mol. The minimum absolute atomic E-state index is 0.286. The van der Waals surface area contributed by atoms with Gasteiger partial charge in [0, 0.05) is 22.7 Å². The first kappa shape index (κ1) is 20.8. The van der Waals surface area contributed by atoms with E-state index in [-0.39, 0.29) is 17.4 Å². The molecule has 5 nitrogen and oxygen atoms in total. The summed E-state index contributed by atoms with van der Waals surface area (Å²) in [6.45, 7) is 2.31. The summed E-state index contributed by atoms with van der Waals surface area (Å²) in [5, 5.41) is 4.12. The third kappa shape index (κ3) is 4.22. The smallest absolute Gasteiger partial charge is 0.256 e. The number of anilines is 1. The van der Waals surface area contributed by atoms with Gasteiger partial charge in [0.15, 0.2) is 0 Å². The Hall–Kier alpha value is -1.95. The zero-order chi connectivity index (χ0) is 20.4. The Balaban J connectivity index is 1.83. The van der Waals surface area contributed by atoms with Crippen LogP contribution in [-0.4, -0.2) is 36.4 Å². The van der Waals surface area contributed by atoms with Crippen LogP contribution in [0, 0.1) is 6.92 Å². The number of benzene rings is 2. The quantitative estimate of drug-likeness (QED) is 0.709. The van der Waals surface area contributed by atoms with Crippen molar-refractivity contribution in [2.45, 2.75) is 25.8 Å². The predicted molar refractivity (Wildman–Crippen MR) is 112 cm³/mol. The molecule has 3 rings (SSSR count). The first-order chi connectivity index (χ1) is 13.3. The molecule has 2 aromatic carbocycles. The molecule has 1 heterocycles. The number of amides is 2. The van der Waals surface area contributed by atoms with Gasteiger partial charge in [0.1, 0.15) is 11.8 Å². The highest BCUT2D eigenvalue weighted by Gasteiger charge is 2.35. The van der Waals surface area contributed by atoms with E-state index < -0.39 is 6.04 Å². The molecule has 0 radical (unpaired) electrons. The minimum atomic E-state index is -0.608. The number of carbonyl (C=O) groups is 2. The zero-order valence-electron chi connectivity index (χ0n) is 15.4. The second-order valence-corrected chi connectivity index (χ2v) is 7.82. The molecule has 2 amide bonds. The van der Waals surface area contributed by atoms with Crippen molar-refractivity contribution in [3.63, 3.8) is 0 Å². The fourth-order valence-electron chi connectivity index (χ4n) is 3.24. The van der Waals surface area contributed by atoms with Crippen molar-refractivity contribution in [1.82, 2.24) is 4.90 Å². The number of ether oxygens (including phenoxy) is 1. The first-order valence-corrected chi connectivity index (χ1v) is 9.86. The summed E-state index contributed by atoms with van der Waals surface area (Å²) in [4.78, 5) is 27.4. The topological polar surface area (TPSA) is 58.6 Å². The summed E-state index contributed by atoms with van der Waals surface area (Å²) in [5.74, 6) is -0.147. The SMILES string of the molecule is COc1cc(Cl)c(C)cc1NC(=O)C1CCCN1C(=O)c1cc(Cl)ccc1Cl. The Morgan fingerprint density at radius 1 is 1.14 bits per heavy atom. The summed E-state index contributed by atoms with van der Waals surface area (Å²) in [5.41, 5.74) is 1.60. The number of hydrogen-bond donors (Lipinski definition) is 1. The van der Waals surface area contributed by atoms with Crippen LogP contribution in [0.5, 0.6) is 5.75 Å². The van der Waals surface area contributed by atoms with Crippen LogP contribution in [0.2, 0.25) is 15.1 Å². The van der Waals surface area contributed by atoms with Gasteiger partial charge in [-0.3, -0.25) is 9.59 Å². The molecule has 8 heteroatoms. The van der Waals surface area contributed by atoms with E-state index in [2.05, 4.69) is 5.32 Å². The lowest BCUT2D eigenvalue weighted by Gasteiger charge is -2.25. The Morgan fingerprint density at radius 3 is 2.61 bits per heavy atom. The van der Waals surface area contributed by atoms with Gasteiger partial charge < -0.3 is 15.0 Å². The maximum Gasteiger partial charge on any atom is 0.256 e. The van der Waals surface area contributed by atoms with Crippen LogP contribution in [0.15, 0.2) is 30.3 Å². The molecule has 2 aromatic rings. The van der Waals surface area contributed by atoms with Crippen molar-refractivity contribution in [3.8, 4) is 5.75 Å². The highest BCUT2D eigenvalue weighted by atomic mass is 35.5. The molecule has 0 bridgehead atoms. The van der Waals surface area contributed by atoms with Crippen LogP contribution in [0.25, 0.3) is 0 Å². The van der Waals surface area contributed by atoms with Gasteiger partial charge in [0.2, 0.25) is 5.91 Å². The van der Waals surface area contributed by atoms with Gasteiger partial charge in [-0.15, -0.1) is 0 Å². The van der Waals surface area contributed by atoms with E-state index in [1.807, 2.05) is 6.92 Å². The van der Waals surface area contributed by atoms with Gasteiger partial charge in [0.05, 0.1) is 23.4 Å². The average Bonchev–Trinajstić information content (AvgIpc) is 3.15. The molecule has 0 aromatic heterocycles. The van der Waals surface area contributed by atoms with E-state index in [0.717, 1.165) is 12.0 Å². The predicted octanol–water partition coefficient (Wildman–Crippen LogP) is 5.21. The molecule has 28 heavy (non-hydrogen) atoms. The number of nitrogens with one attached hydrogen (secondary N) is 1. The van der Waals surface area contributed by atoms with E-state index in [0.29, 0.717) is 39.5 Å². The van der Waals surface area contributed by atoms with Crippen molar-refractivity contribution in [2.24, 2.45) is 0 Å². The lowest BCUT2D eigenvalue weighted by Crippen LogP contribution is -2.43. The van der Waals surface area contributed by atoms with Gasteiger partial charge in [-0.2, -0.15) is 0 Å². The molecular formula is C20H19Cl3N2O3. The van der Waals surface area contributed by atoms with Gasteiger partial charge in [-0.05, 0) is 49.6 Å². The molecule has 1 N–H and O–H groups in total. The van der Waals surface area contributed by atoms with Crippen LogP contribution < -0.4 is 10.1 Å². The number of rotatable bonds is 4. The van der Waals surface area contributed by atoms with Crippen molar-refractivity contribution < 1.29 is 14.3 Å². The number of aryl methyl sites for hydroxylation is 1. The molecule has 1 fully saturated rings. The number of nitrogens with zero attached hydrogens (tertiary/aromatic N) is 1. The van der Waals surface area contributed by atoms with E-state index in [9.17, 15) is 9.59 Å². The van der Waals surface area contributed by atoms with Crippen LogP contribution in [0.4, 0.5) is 5.69 Å². The number of methoxy groups -OCH3 is 1. The maximum absolute atomic E-state index is 13.0.